The molecule has 1 saturated heterocycles. The summed E-state index contributed by atoms with van der Waals surface area (Å²) < 4.78 is 10.7. The van der Waals surface area contributed by atoms with Crippen molar-refractivity contribution >= 4 is 11.6 Å². The van der Waals surface area contributed by atoms with E-state index in [0.717, 1.165) is 56.2 Å². The quantitative estimate of drug-likeness (QED) is 0.855. The molecule has 2 aliphatic rings. The smallest absolute Gasteiger partial charge is 0.225 e. The molecule has 1 saturated carbocycles. The Morgan fingerprint density at radius 2 is 1.82 bits per heavy atom. The van der Waals surface area contributed by atoms with E-state index in [4.69, 9.17) is 9.47 Å². The van der Waals surface area contributed by atoms with E-state index < -0.39 is 0 Å². The number of rotatable bonds is 4. The number of methoxy groups -OCH3 is 2. The maximum atomic E-state index is 12.3. The van der Waals surface area contributed by atoms with Gasteiger partial charge in [-0.05, 0) is 25.0 Å². The van der Waals surface area contributed by atoms with E-state index in [0.29, 0.717) is 11.8 Å². The number of hydrogen-bond donors (Lipinski definition) is 0. The number of nitrogens with zero attached hydrogens (tertiary/aromatic N) is 2. The van der Waals surface area contributed by atoms with Crippen LogP contribution in [0.15, 0.2) is 18.2 Å². The highest BCUT2D eigenvalue weighted by molar-refractivity contribution is 5.80. The van der Waals surface area contributed by atoms with Crippen LogP contribution in [0.1, 0.15) is 19.3 Å². The molecule has 5 heteroatoms. The minimum absolute atomic E-state index is 0.294. The zero-order chi connectivity index (χ0) is 15.5. The zero-order valence-corrected chi connectivity index (χ0v) is 13.4. The number of amides is 1. The Morgan fingerprint density at radius 1 is 1.09 bits per heavy atom. The molecule has 0 bridgehead atoms. The number of ether oxygens (including phenoxy) is 2. The van der Waals surface area contributed by atoms with Crippen molar-refractivity contribution in [3.05, 3.63) is 18.2 Å². The maximum Gasteiger partial charge on any atom is 0.225 e. The van der Waals surface area contributed by atoms with Gasteiger partial charge in [-0.2, -0.15) is 0 Å². The topological polar surface area (TPSA) is 42.0 Å². The average molecular weight is 304 g/mol. The third kappa shape index (κ3) is 2.85. The van der Waals surface area contributed by atoms with E-state index >= 15 is 0 Å². The number of piperazine rings is 1. The van der Waals surface area contributed by atoms with Gasteiger partial charge in [-0.25, -0.2) is 0 Å². The highest BCUT2D eigenvalue weighted by Gasteiger charge is 2.31. The molecule has 1 amide bonds. The summed E-state index contributed by atoms with van der Waals surface area (Å²) in [7, 11) is 3.33. The van der Waals surface area contributed by atoms with E-state index in [1.54, 1.807) is 14.2 Å². The molecule has 120 valence electrons. The monoisotopic (exact) mass is 304 g/mol. The number of hydrogen-bond acceptors (Lipinski definition) is 4. The van der Waals surface area contributed by atoms with Gasteiger partial charge in [0.1, 0.15) is 11.5 Å². The molecule has 5 nitrogen and oxygen atoms in total. The molecule has 3 rings (SSSR count). The molecule has 1 aliphatic heterocycles. The fourth-order valence-electron chi connectivity index (χ4n) is 3.13. The number of benzene rings is 1. The van der Waals surface area contributed by atoms with Crippen molar-refractivity contribution in [2.75, 3.05) is 45.3 Å². The molecule has 0 aromatic heterocycles. The van der Waals surface area contributed by atoms with E-state index in [9.17, 15) is 4.79 Å². The second-order valence-corrected chi connectivity index (χ2v) is 5.98. The van der Waals surface area contributed by atoms with E-state index in [-0.39, 0.29) is 0 Å². The minimum atomic E-state index is 0.294. The van der Waals surface area contributed by atoms with E-state index in [1.165, 1.54) is 6.42 Å². The Hall–Kier alpha value is -1.91. The van der Waals surface area contributed by atoms with E-state index in [1.807, 2.05) is 23.1 Å². The first kappa shape index (κ1) is 15.0. The Morgan fingerprint density at radius 3 is 2.36 bits per heavy atom. The van der Waals surface area contributed by atoms with Crippen LogP contribution in [0.5, 0.6) is 11.5 Å². The standard InChI is InChI=1S/C17H24N2O3/c1-21-14-6-7-15(16(12-14)22-2)18-8-10-19(11-9-18)17(20)13-4-3-5-13/h6-7,12-13H,3-5,8-11H2,1-2H3. The fourth-order valence-corrected chi connectivity index (χ4v) is 3.13. The first-order valence-electron chi connectivity index (χ1n) is 7.98. The molecule has 0 atom stereocenters. The number of carbonyl (C=O) groups excluding carboxylic acids is 1. The lowest BCUT2D eigenvalue weighted by Crippen LogP contribution is -2.51. The fraction of sp³-hybridized carbons (Fsp3) is 0.588. The van der Waals surface area contributed by atoms with Gasteiger partial charge in [0.2, 0.25) is 5.91 Å². The van der Waals surface area contributed by atoms with Gasteiger partial charge in [0.15, 0.2) is 0 Å². The molecule has 0 unspecified atom stereocenters. The van der Waals surface area contributed by atoms with Gasteiger partial charge in [-0.15, -0.1) is 0 Å². The average Bonchev–Trinajstić information content (AvgIpc) is 2.52. The molecule has 0 spiro atoms. The predicted octanol–water partition coefficient (Wildman–Crippen LogP) is 2.15. The minimum Gasteiger partial charge on any atom is -0.497 e. The summed E-state index contributed by atoms with van der Waals surface area (Å²) in [5.74, 6) is 2.26. The molecule has 1 heterocycles. The molecular formula is C17H24N2O3. The van der Waals surface area contributed by atoms with Gasteiger partial charge in [0.25, 0.3) is 0 Å². The van der Waals surface area contributed by atoms with Crippen molar-refractivity contribution < 1.29 is 14.3 Å². The third-order valence-electron chi connectivity index (χ3n) is 4.77. The Kier molecular flexibility index (Phi) is 4.41. The SMILES string of the molecule is COc1ccc(N2CCN(C(=O)C3CCC3)CC2)c(OC)c1. The highest BCUT2D eigenvalue weighted by atomic mass is 16.5. The Labute approximate surface area is 131 Å². The molecule has 22 heavy (non-hydrogen) atoms. The van der Waals surface area contributed by atoms with Gasteiger partial charge in [0, 0.05) is 38.2 Å². The van der Waals surface area contributed by atoms with Crippen molar-refractivity contribution in [1.29, 1.82) is 0 Å². The van der Waals surface area contributed by atoms with Crippen LogP contribution < -0.4 is 14.4 Å². The van der Waals surface area contributed by atoms with Crippen molar-refractivity contribution in [2.24, 2.45) is 5.92 Å². The van der Waals surface area contributed by atoms with Crippen molar-refractivity contribution in [1.82, 2.24) is 4.90 Å². The van der Waals surface area contributed by atoms with Crippen LogP contribution in [0, 0.1) is 5.92 Å². The summed E-state index contributed by atoms with van der Waals surface area (Å²) in [6.45, 7) is 3.29. The maximum absolute atomic E-state index is 12.3. The molecule has 1 aliphatic carbocycles. The summed E-state index contributed by atoms with van der Waals surface area (Å²) in [5.41, 5.74) is 1.07. The van der Waals surface area contributed by atoms with Crippen LogP contribution in [-0.4, -0.2) is 51.2 Å². The van der Waals surface area contributed by atoms with Crippen molar-refractivity contribution in [3.63, 3.8) is 0 Å². The lowest BCUT2D eigenvalue weighted by molar-refractivity contribution is -0.138. The Balaban J connectivity index is 1.64. The lowest BCUT2D eigenvalue weighted by Gasteiger charge is -2.39. The second kappa shape index (κ2) is 6.46. The summed E-state index contributed by atoms with van der Waals surface area (Å²) in [5, 5.41) is 0. The van der Waals surface area contributed by atoms with Crippen LogP contribution in [0.3, 0.4) is 0 Å². The Bertz CT molecular complexity index is 535. The highest BCUT2D eigenvalue weighted by Crippen LogP contribution is 2.33. The van der Waals surface area contributed by atoms with Gasteiger partial charge in [-0.1, -0.05) is 6.42 Å². The molecule has 0 N–H and O–H groups in total. The molecule has 1 aromatic carbocycles. The first-order valence-corrected chi connectivity index (χ1v) is 7.98. The molecule has 1 aromatic rings. The molecular weight excluding hydrogens is 280 g/mol. The normalized spacial score (nSPS) is 18.8. The van der Waals surface area contributed by atoms with Crippen molar-refractivity contribution in [2.45, 2.75) is 19.3 Å². The van der Waals surface area contributed by atoms with Crippen LogP contribution >= 0.6 is 0 Å². The predicted molar refractivity (Wildman–Crippen MR) is 85.7 cm³/mol. The van der Waals surface area contributed by atoms with Crippen LogP contribution in [-0.2, 0) is 4.79 Å². The van der Waals surface area contributed by atoms with E-state index in [2.05, 4.69) is 4.90 Å². The molecule has 2 fully saturated rings. The van der Waals surface area contributed by atoms with Crippen LogP contribution in [0.4, 0.5) is 5.69 Å². The van der Waals surface area contributed by atoms with Gasteiger partial charge in [-0.3, -0.25) is 4.79 Å². The summed E-state index contributed by atoms with van der Waals surface area (Å²) in [4.78, 5) is 16.6. The summed E-state index contributed by atoms with van der Waals surface area (Å²) >= 11 is 0. The lowest BCUT2D eigenvalue weighted by atomic mass is 9.84. The van der Waals surface area contributed by atoms with Crippen LogP contribution in [0.25, 0.3) is 0 Å². The first-order chi connectivity index (χ1) is 10.7. The van der Waals surface area contributed by atoms with Gasteiger partial charge >= 0.3 is 0 Å². The second-order valence-electron chi connectivity index (χ2n) is 5.98. The largest absolute Gasteiger partial charge is 0.497 e. The number of anilines is 1. The van der Waals surface area contributed by atoms with Crippen LogP contribution in [0.2, 0.25) is 0 Å². The van der Waals surface area contributed by atoms with Gasteiger partial charge < -0.3 is 19.3 Å². The van der Waals surface area contributed by atoms with Gasteiger partial charge in [0.05, 0.1) is 19.9 Å². The number of carbonyl (C=O) groups is 1. The summed E-state index contributed by atoms with van der Waals surface area (Å²) in [6, 6.07) is 5.88. The third-order valence-corrected chi connectivity index (χ3v) is 4.77. The van der Waals surface area contributed by atoms with Crippen molar-refractivity contribution in [3.8, 4) is 11.5 Å². The zero-order valence-electron chi connectivity index (χ0n) is 13.4. The molecule has 0 radical (unpaired) electrons. The summed E-state index contributed by atoms with van der Waals surface area (Å²) in [6.07, 6.45) is 3.36.